The first-order valence-electron chi connectivity index (χ1n) is 8.12. The van der Waals surface area contributed by atoms with Crippen LogP contribution < -0.4 is 5.32 Å². The fraction of sp³-hybridized carbons (Fsp3) is 0.316. The van der Waals surface area contributed by atoms with Crippen LogP contribution in [-0.4, -0.2) is 32.8 Å². The number of allylic oxidation sites excluding steroid dienone is 1. The molecule has 0 aliphatic rings. The third-order valence-electron chi connectivity index (χ3n) is 3.78. The molecule has 0 spiro atoms. The molecule has 1 aromatic carbocycles. The summed E-state index contributed by atoms with van der Waals surface area (Å²) in [6.45, 7) is 7.66. The van der Waals surface area contributed by atoms with Gasteiger partial charge in [0.15, 0.2) is 5.69 Å². The fourth-order valence-corrected chi connectivity index (χ4v) is 2.65. The molecule has 0 fully saturated rings. The summed E-state index contributed by atoms with van der Waals surface area (Å²) in [7, 11) is 0. The van der Waals surface area contributed by atoms with Crippen molar-refractivity contribution in [1.29, 1.82) is 0 Å². The van der Waals surface area contributed by atoms with Crippen LogP contribution in [-0.2, 0) is 4.79 Å². The van der Waals surface area contributed by atoms with Gasteiger partial charge in [-0.25, -0.2) is 9.48 Å². The average molecular weight is 341 g/mol. The summed E-state index contributed by atoms with van der Waals surface area (Å²) in [6, 6.07) is 6.72. The van der Waals surface area contributed by atoms with E-state index in [-0.39, 0.29) is 12.1 Å². The second-order valence-corrected chi connectivity index (χ2v) is 6.10. The molecule has 0 aliphatic heterocycles. The van der Waals surface area contributed by atoms with E-state index in [1.54, 1.807) is 29.8 Å². The molecule has 2 N–H and O–H groups in total. The third-order valence-corrected chi connectivity index (χ3v) is 3.78. The van der Waals surface area contributed by atoms with Gasteiger partial charge in [-0.05, 0) is 63.4 Å². The van der Waals surface area contributed by atoms with E-state index in [9.17, 15) is 14.7 Å². The normalized spacial score (nSPS) is 12.3. The number of rotatable bonds is 6. The Labute approximate surface area is 147 Å². The number of hydrogen-bond donors (Lipinski definition) is 2. The number of carboxylic acid groups (broad SMARTS) is 1. The summed E-state index contributed by atoms with van der Waals surface area (Å²) < 4.78 is 1.69. The Morgan fingerprint density at radius 3 is 2.40 bits per heavy atom. The number of nitrogens with zero attached hydrogens (tertiary/aromatic N) is 2. The number of hydrogen-bond acceptors (Lipinski definition) is 3. The van der Waals surface area contributed by atoms with Gasteiger partial charge in [-0.3, -0.25) is 4.79 Å². The fourth-order valence-electron chi connectivity index (χ4n) is 2.65. The molecular weight excluding hydrogens is 318 g/mol. The zero-order valence-electron chi connectivity index (χ0n) is 14.9. The Balaban J connectivity index is 2.26. The summed E-state index contributed by atoms with van der Waals surface area (Å²) in [5.41, 5.74) is 4.08. The van der Waals surface area contributed by atoms with Gasteiger partial charge in [0, 0.05) is 5.69 Å². The van der Waals surface area contributed by atoms with E-state index in [2.05, 4.69) is 16.5 Å². The molecule has 0 radical (unpaired) electrons. The number of carbonyl (C=O) groups is 2. The highest BCUT2D eigenvalue weighted by Crippen LogP contribution is 2.16. The second kappa shape index (κ2) is 7.79. The zero-order chi connectivity index (χ0) is 18.6. The minimum Gasteiger partial charge on any atom is -0.480 e. The lowest BCUT2D eigenvalue weighted by atomic mass is 10.1. The SMILES string of the molecule is C/C=C/CC(NC(=O)c1cc(C)n(-c2cc(C)cc(C)c2)n1)C(=O)O. The van der Waals surface area contributed by atoms with Crippen LogP contribution in [0.1, 0.15) is 40.7 Å². The van der Waals surface area contributed by atoms with Crippen molar-refractivity contribution in [1.82, 2.24) is 15.1 Å². The monoisotopic (exact) mass is 341 g/mol. The summed E-state index contributed by atoms with van der Waals surface area (Å²) in [5, 5.41) is 16.1. The molecule has 1 amide bonds. The van der Waals surface area contributed by atoms with Gasteiger partial charge in [0.25, 0.3) is 5.91 Å². The van der Waals surface area contributed by atoms with Gasteiger partial charge in [-0.2, -0.15) is 5.10 Å². The molecule has 25 heavy (non-hydrogen) atoms. The maximum atomic E-state index is 12.4. The Hall–Kier alpha value is -2.89. The number of carbonyl (C=O) groups excluding carboxylic acids is 1. The van der Waals surface area contributed by atoms with Crippen LogP contribution >= 0.6 is 0 Å². The van der Waals surface area contributed by atoms with Gasteiger partial charge < -0.3 is 10.4 Å². The van der Waals surface area contributed by atoms with Crippen LogP contribution in [0.25, 0.3) is 5.69 Å². The Morgan fingerprint density at radius 1 is 1.20 bits per heavy atom. The number of aromatic nitrogens is 2. The second-order valence-electron chi connectivity index (χ2n) is 6.10. The minimum atomic E-state index is -1.07. The van der Waals surface area contributed by atoms with Gasteiger partial charge in [0.2, 0.25) is 0 Å². The molecule has 0 saturated carbocycles. The predicted octanol–water partition coefficient (Wildman–Crippen LogP) is 2.95. The molecular formula is C19H23N3O3. The Morgan fingerprint density at radius 2 is 1.84 bits per heavy atom. The van der Waals surface area contributed by atoms with Crippen molar-refractivity contribution in [2.24, 2.45) is 0 Å². The molecule has 6 nitrogen and oxygen atoms in total. The third kappa shape index (κ3) is 4.56. The van der Waals surface area contributed by atoms with Crippen LogP contribution in [0.15, 0.2) is 36.4 Å². The first kappa shape index (κ1) is 18.4. The van der Waals surface area contributed by atoms with Crippen molar-refractivity contribution < 1.29 is 14.7 Å². The van der Waals surface area contributed by atoms with E-state index in [4.69, 9.17) is 0 Å². The van der Waals surface area contributed by atoms with Gasteiger partial charge >= 0.3 is 5.97 Å². The molecule has 0 saturated heterocycles. The predicted molar refractivity (Wildman–Crippen MR) is 96.1 cm³/mol. The highest BCUT2D eigenvalue weighted by molar-refractivity contribution is 5.95. The first-order valence-corrected chi connectivity index (χ1v) is 8.12. The van der Waals surface area contributed by atoms with Crippen molar-refractivity contribution in [3.05, 3.63) is 58.9 Å². The number of carboxylic acids is 1. The number of nitrogens with one attached hydrogen (secondary N) is 1. The van der Waals surface area contributed by atoms with Crippen LogP contribution in [0, 0.1) is 20.8 Å². The van der Waals surface area contributed by atoms with Crippen LogP contribution in [0.3, 0.4) is 0 Å². The van der Waals surface area contributed by atoms with E-state index in [0.29, 0.717) is 0 Å². The average Bonchev–Trinajstić information content (AvgIpc) is 2.92. The van der Waals surface area contributed by atoms with Crippen molar-refractivity contribution in [2.45, 2.75) is 40.2 Å². The zero-order valence-corrected chi connectivity index (χ0v) is 14.9. The summed E-state index contributed by atoms with van der Waals surface area (Å²) in [5.74, 6) is -1.57. The summed E-state index contributed by atoms with van der Waals surface area (Å²) in [6.07, 6.45) is 3.69. The maximum absolute atomic E-state index is 12.4. The molecule has 6 heteroatoms. The molecule has 0 bridgehead atoms. The minimum absolute atomic E-state index is 0.198. The van der Waals surface area contributed by atoms with Crippen molar-refractivity contribution in [2.75, 3.05) is 0 Å². The molecule has 0 aliphatic carbocycles. The van der Waals surface area contributed by atoms with Gasteiger partial charge in [0.05, 0.1) is 5.69 Å². The van der Waals surface area contributed by atoms with E-state index < -0.39 is 17.9 Å². The molecule has 1 heterocycles. The first-order chi connectivity index (χ1) is 11.8. The maximum Gasteiger partial charge on any atom is 0.326 e. The molecule has 132 valence electrons. The van der Waals surface area contributed by atoms with E-state index >= 15 is 0 Å². The van der Waals surface area contributed by atoms with Crippen molar-refractivity contribution in [3.8, 4) is 5.69 Å². The topological polar surface area (TPSA) is 84.2 Å². The highest BCUT2D eigenvalue weighted by atomic mass is 16.4. The molecule has 2 aromatic rings. The number of aliphatic carboxylic acids is 1. The largest absolute Gasteiger partial charge is 0.480 e. The lowest BCUT2D eigenvalue weighted by molar-refractivity contribution is -0.139. The highest BCUT2D eigenvalue weighted by Gasteiger charge is 2.21. The standard InChI is InChI=1S/C19H23N3O3/c1-5-6-7-16(19(24)25)20-18(23)17-11-14(4)22(21-17)15-9-12(2)8-13(3)10-15/h5-6,8-11,16H,7H2,1-4H3,(H,20,23)(H,24,25)/b6-5+. The van der Waals surface area contributed by atoms with Crippen molar-refractivity contribution in [3.63, 3.8) is 0 Å². The number of benzene rings is 1. The van der Waals surface area contributed by atoms with Gasteiger partial charge in [-0.15, -0.1) is 0 Å². The van der Waals surface area contributed by atoms with E-state index in [1.807, 2.05) is 32.9 Å². The lowest BCUT2D eigenvalue weighted by Crippen LogP contribution is -2.40. The van der Waals surface area contributed by atoms with Crippen molar-refractivity contribution >= 4 is 11.9 Å². The molecule has 2 rings (SSSR count). The Bertz CT molecular complexity index is 801. The van der Waals surface area contributed by atoms with Gasteiger partial charge in [0.1, 0.15) is 6.04 Å². The lowest BCUT2D eigenvalue weighted by Gasteiger charge is -2.11. The van der Waals surface area contributed by atoms with E-state index in [1.165, 1.54) is 0 Å². The Kier molecular flexibility index (Phi) is 5.75. The summed E-state index contributed by atoms with van der Waals surface area (Å²) in [4.78, 5) is 23.6. The van der Waals surface area contributed by atoms with Crippen LogP contribution in [0.2, 0.25) is 0 Å². The number of amides is 1. The smallest absolute Gasteiger partial charge is 0.326 e. The molecule has 1 unspecified atom stereocenters. The summed E-state index contributed by atoms with van der Waals surface area (Å²) >= 11 is 0. The number of aryl methyl sites for hydroxylation is 3. The van der Waals surface area contributed by atoms with Crippen LogP contribution in [0.4, 0.5) is 0 Å². The quantitative estimate of drug-likeness (QED) is 0.791. The molecule has 1 aromatic heterocycles. The molecule has 1 atom stereocenters. The van der Waals surface area contributed by atoms with Crippen LogP contribution in [0.5, 0.6) is 0 Å². The van der Waals surface area contributed by atoms with Gasteiger partial charge in [-0.1, -0.05) is 18.2 Å². The van der Waals surface area contributed by atoms with E-state index in [0.717, 1.165) is 22.5 Å².